The summed E-state index contributed by atoms with van der Waals surface area (Å²) in [5.74, 6) is -1.11. The number of carbonyl (C=O) groups is 1. The summed E-state index contributed by atoms with van der Waals surface area (Å²) in [6.07, 6.45) is 2.18. The van der Waals surface area contributed by atoms with Crippen LogP contribution in [0.15, 0.2) is 23.1 Å². The average molecular weight is 285 g/mol. The molecule has 0 radical (unpaired) electrons. The molecule has 0 aliphatic rings. The molecular weight excluding hydrogens is 266 g/mol. The van der Waals surface area contributed by atoms with Crippen LogP contribution >= 0.6 is 0 Å². The van der Waals surface area contributed by atoms with Crippen molar-refractivity contribution >= 4 is 16.0 Å². The largest absolute Gasteiger partial charge is 0.478 e. The van der Waals surface area contributed by atoms with Gasteiger partial charge in [0.25, 0.3) is 0 Å². The highest BCUT2D eigenvalue weighted by atomic mass is 32.2. The van der Waals surface area contributed by atoms with Crippen molar-refractivity contribution in [3.8, 4) is 0 Å². The number of carboxylic acids is 1. The number of hydrogen-bond acceptors (Lipinski definition) is 3. The number of hydrogen-bond donors (Lipinski definition) is 2. The molecule has 0 amide bonds. The summed E-state index contributed by atoms with van der Waals surface area (Å²) < 4.78 is 26.4. The van der Waals surface area contributed by atoms with Gasteiger partial charge in [0, 0.05) is 6.54 Å². The molecule has 0 aromatic heterocycles. The van der Waals surface area contributed by atoms with Gasteiger partial charge in [-0.2, -0.15) is 0 Å². The molecule has 2 N–H and O–H groups in total. The zero-order valence-electron chi connectivity index (χ0n) is 11.1. The Kier molecular flexibility index (Phi) is 5.50. The molecule has 6 heteroatoms. The predicted molar refractivity (Wildman–Crippen MR) is 72.9 cm³/mol. The third-order valence-corrected chi connectivity index (χ3v) is 4.28. The van der Waals surface area contributed by atoms with E-state index in [1.807, 2.05) is 13.8 Å². The van der Waals surface area contributed by atoms with Crippen LogP contribution in [-0.4, -0.2) is 26.0 Å². The lowest BCUT2D eigenvalue weighted by Gasteiger charge is -2.09. The quantitative estimate of drug-likeness (QED) is 0.751. The van der Waals surface area contributed by atoms with E-state index < -0.39 is 16.0 Å². The van der Waals surface area contributed by atoms with Gasteiger partial charge in [0.05, 0.1) is 10.5 Å². The minimum atomic E-state index is -3.63. The zero-order valence-corrected chi connectivity index (χ0v) is 12.0. The van der Waals surface area contributed by atoms with Crippen LogP contribution in [0.1, 0.15) is 42.6 Å². The van der Waals surface area contributed by atoms with Gasteiger partial charge >= 0.3 is 5.97 Å². The van der Waals surface area contributed by atoms with Crippen LogP contribution in [0, 0.1) is 0 Å². The van der Waals surface area contributed by atoms with E-state index in [-0.39, 0.29) is 10.5 Å². The van der Waals surface area contributed by atoms with Crippen LogP contribution in [0.2, 0.25) is 0 Å². The number of sulfonamides is 1. The van der Waals surface area contributed by atoms with Crippen LogP contribution in [0.25, 0.3) is 0 Å². The van der Waals surface area contributed by atoms with Gasteiger partial charge in [0.15, 0.2) is 0 Å². The van der Waals surface area contributed by atoms with Gasteiger partial charge in [-0.15, -0.1) is 0 Å². The lowest BCUT2D eigenvalue weighted by atomic mass is 10.1. The lowest BCUT2D eigenvalue weighted by Crippen LogP contribution is -2.25. The molecule has 0 bridgehead atoms. The summed E-state index contributed by atoms with van der Waals surface area (Å²) in [7, 11) is -3.63. The van der Waals surface area contributed by atoms with Crippen LogP contribution in [0.3, 0.4) is 0 Å². The number of aromatic carboxylic acids is 1. The molecule has 0 aliphatic heterocycles. The molecule has 0 saturated heterocycles. The van der Waals surface area contributed by atoms with Crippen LogP contribution in [0.4, 0.5) is 0 Å². The molecule has 0 spiro atoms. The van der Waals surface area contributed by atoms with Crippen molar-refractivity contribution in [1.29, 1.82) is 0 Å². The van der Waals surface area contributed by atoms with Gasteiger partial charge in [0.1, 0.15) is 0 Å². The highest BCUT2D eigenvalue weighted by Crippen LogP contribution is 2.17. The Bertz CT molecular complexity index is 552. The number of nitrogens with one attached hydrogen (secondary N) is 1. The summed E-state index contributed by atoms with van der Waals surface area (Å²) in [5, 5.41) is 9.09. The standard InChI is InChI=1S/C13H19NO4S/c1-3-5-8-14-19(17,18)11-7-6-10(4-2)12(9-11)13(15)16/h6-7,9,14H,3-5,8H2,1-2H3,(H,15,16). The van der Waals surface area contributed by atoms with E-state index in [9.17, 15) is 13.2 Å². The van der Waals surface area contributed by atoms with Crippen molar-refractivity contribution in [2.45, 2.75) is 38.0 Å². The first-order valence-corrected chi connectivity index (χ1v) is 7.76. The Morgan fingerprint density at radius 2 is 2.00 bits per heavy atom. The Morgan fingerprint density at radius 3 is 2.53 bits per heavy atom. The van der Waals surface area contributed by atoms with E-state index in [0.717, 1.165) is 12.8 Å². The highest BCUT2D eigenvalue weighted by molar-refractivity contribution is 7.89. The van der Waals surface area contributed by atoms with Crippen LogP contribution in [0.5, 0.6) is 0 Å². The normalized spacial score (nSPS) is 11.5. The fourth-order valence-corrected chi connectivity index (χ4v) is 2.80. The maximum Gasteiger partial charge on any atom is 0.336 e. The number of rotatable bonds is 7. The van der Waals surface area contributed by atoms with Gasteiger partial charge < -0.3 is 5.11 Å². The summed E-state index contributed by atoms with van der Waals surface area (Å²) >= 11 is 0. The molecule has 0 aliphatic carbocycles. The van der Waals surface area contributed by atoms with E-state index in [1.54, 1.807) is 6.07 Å². The molecule has 0 atom stereocenters. The van der Waals surface area contributed by atoms with Crippen LogP contribution < -0.4 is 4.72 Å². The third kappa shape index (κ3) is 4.04. The van der Waals surface area contributed by atoms with Gasteiger partial charge in [-0.1, -0.05) is 26.3 Å². The fourth-order valence-electron chi connectivity index (χ4n) is 1.70. The molecule has 106 valence electrons. The Balaban J connectivity index is 3.07. The van der Waals surface area contributed by atoms with E-state index in [4.69, 9.17) is 5.11 Å². The second-order valence-corrected chi connectivity index (χ2v) is 6.00. The molecule has 0 fully saturated rings. The van der Waals surface area contributed by atoms with E-state index >= 15 is 0 Å². The van der Waals surface area contributed by atoms with Crippen molar-refractivity contribution < 1.29 is 18.3 Å². The lowest BCUT2D eigenvalue weighted by molar-refractivity contribution is 0.0695. The molecule has 5 nitrogen and oxygen atoms in total. The minimum absolute atomic E-state index is 0.00166. The predicted octanol–water partition coefficient (Wildman–Crippen LogP) is 2.03. The smallest absolute Gasteiger partial charge is 0.336 e. The summed E-state index contributed by atoms with van der Waals surface area (Å²) in [6, 6.07) is 4.22. The van der Waals surface area contributed by atoms with Crippen LogP contribution in [-0.2, 0) is 16.4 Å². The third-order valence-electron chi connectivity index (χ3n) is 2.83. The number of unbranched alkanes of at least 4 members (excludes halogenated alkanes) is 1. The average Bonchev–Trinajstić information content (AvgIpc) is 2.38. The van der Waals surface area contributed by atoms with Crippen molar-refractivity contribution in [3.05, 3.63) is 29.3 Å². The van der Waals surface area contributed by atoms with E-state index in [1.165, 1.54) is 12.1 Å². The monoisotopic (exact) mass is 285 g/mol. The van der Waals surface area contributed by atoms with Gasteiger partial charge in [-0.05, 0) is 30.5 Å². The highest BCUT2D eigenvalue weighted by Gasteiger charge is 2.17. The fraction of sp³-hybridized carbons (Fsp3) is 0.462. The molecule has 19 heavy (non-hydrogen) atoms. The molecule has 1 aromatic carbocycles. The topological polar surface area (TPSA) is 83.5 Å². The van der Waals surface area contributed by atoms with Crippen molar-refractivity contribution in [2.24, 2.45) is 0 Å². The first-order chi connectivity index (χ1) is 8.92. The van der Waals surface area contributed by atoms with Gasteiger partial charge in [-0.25, -0.2) is 17.9 Å². The Hall–Kier alpha value is -1.40. The van der Waals surface area contributed by atoms with Gasteiger partial charge in [-0.3, -0.25) is 0 Å². The maximum atomic E-state index is 12.0. The first-order valence-electron chi connectivity index (χ1n) is 6.28. The number of carboxylic acid groups (broad SMARTS) is 1. The summed E-state index contributed by atoms with van der Waals surface area (Å²) in [5.41, 5.74) is 0.667. The Labute approximate surface area is 113 Å². The number of benzene rings is 1. The van der Waals surface area contributed by atoms with Crippen molar-refractivity contribution in [3.63, 3.8) is 0 Å². The molecule has 1 rings (SSSR count). The van der Waals surface area contributed by atoms with Gasteiger partial charge in [0.2, 0.25) is 10.0 Å². The SMILES string of the molecule is CCCCNS(=O)(=O)c1ccc(CC)c(C(=O)O)c1. The van der Waals surface area contributed by atoms with E-state index in [2.05, 4.69) is 4.72 Å². The summed E-state index contributed by atoms with van der Waals surface area (Å²) in [6.45, 7) is 4.15. The summed E-state index contributed by atoms with van der Waals surface area (Å²) in [4.78, 5) is 11.1. The second kappa shape index (κ2) is 6.68. The van der Waals surface area contributed by atoms with Crippen molar-refractivity contribution in [1.82, 2.24) is 4.72 Å². The second-order valence-electron chi connectivity index (χ2n) is 4.23. The zero-order chi connectivity index (χ0) is 14.5. The maximum absolute atomic E-state index is 12.0. The van der Waals surface area contributed by atoms with E-state index in [0.29, 0.717) is 18.5 Å². The molecular formula is C13H19NO4S. The number of aryl methyl sites for hydroxylation is 1. The first kappa shape index (κ1) is 15.7. The molecule has 1 aromatic rings. The molecule has 0 saturated carbocycles. The molecule has 0 heterocycles. The minimum Gasteiger partial charge on any atom is -0.478 e. The van der Waals surface area contributed by atoms with Crippen molar-refractivity contribution in [2.75, 3.05) is 6.54 Å². The Morgan fingerprint density at radius 1 is 1.32 bits per heavy atom. The molecule has 0 unspecified atom stereocenters.